The van der Waals surface area contributed by atoms with Gasteiger partial charge in [-0.05, 0) is 61.6 Å². The highest BCUT2D eigenvalue weighted by Crippen LogP contribution is 2.42. The molecule has 3 N–H and O–H groups in total. The topological polar surface area (TPSA) is 90.0 Å². The molecule has 31 heavy (non-hydrogen) atoms. The van der Waals surface area contributed by atoms with Crippen molar-refractivity contribution in [1.82, 2.24) is 9.78 Å². The van der Waals surface area contributed by atoms with Gasteiger partial charge in [0.15, 0.2) is 5.82 Å². The first-order valence-corrected chi connectivity index (χ1v) is 10.8. The summed E-state index contributed by atoms with van der Waals surface area (Å²) in [7, 11) is 0. The molecule has 1 aromatic heterocycles. The van der Waals surface area contributed by atoms with E-state index in [4.69, 9.17) is 17.3 Å². The first-order valence-electron chi connectivity index (χ1n) is 10.4. The van der Waals surface area contributed by atoms with Crippen LogP contribution in [0.4, 0.5) is 5.82 Å². The Balaban J connectivity index is 1.51. The first kappa shape index (κ1) is 21.3. The summed E-state index contributed by atoms with van der Waals surface area (Å²) in [6.07, 6.45) is 3.21. The molecule has 4 rings (SSSR count). The van der Waals surface area contributed by atoms with Crippen LogP contribution in [-0.2, 0) is 5.41 Å². The predicted octanol–water partition coefficient (Wildman–Crippen LogP) is 4.16. The SMILES string of the molecule is NCC1(c2cccc(Cl)c2)CCC(n2nc(NC(=O)c3ccccc3)ccc2=O)CC1. The number of nitrogens with two attached hydrogens (primary N) is 1. The second kappa shape index (κ2) is 9.04. The fraction of sp³-hybridized carbons (Fsp3) is 0.292. The van der Waals surface area contributed by atoms with Gasteiger partial charge in [0.2, 0.25) is 0 Å². The molecule has 0 saturated heterocycles. The number of hydrogen-bond donors (Lipinski definition) is 2. The van der Waals surface area contributed by atoms with Crippen LogP contribution in [0, 0.1) is 0 Å². The van der Waals surface area contributed by atoms with Crippen LogP contribution < -0.4 is 16.6 Å². The predicted molar refractivity (Wildman–Crippen MR) is 123 cm³/mol. The lowest BCUT2D eigenvalue weighted by atomic mass is 9.68. The van der Waals surface area contributed by atoms with Gasteiger partial charge in [-0.3, -0.25) is 9.59 Å². The molecule has 0 bridgehead atoms. The zero-order valence-corrected chi connectivity index (χ0v) is 17.9. The molecule has 7 heteroatoms. The molecule has 0 spiro atoms. The fourth-order valence-electron chi connectivity index (χ4n) is 4.36. The van der Waals surface area contributed by atoms with Gasteiger partial charge in [-0.2, -0.15) is 5.10 Å². The van der Waals surface area contributed by atoms with Crippen molar-refractivity contribution in [2.75, 3.05) is 11.9 Å². The van der Waals surface area contributed by atoms with E-state index in [1.807, 2.05) is 24.3 Å². The van der Waals surface area contributed by atoms with Gasteiger partial charge >= 0.3 is 0 Å². The van der Waals surface area contributed by atoms with E-state index in [0.29, 0.717) is 22.9 Å². The Morgan fingerprint density at radius 1 is 1.10 bits per heavy atom. The summed E-state index contributed by atoms with van der Waals surface area (Å²) in [4.78, 5) is 24.9. The van der Waals surface area contributed by atoms with Crippen molar-refractivity contribution in [3.63, 3.8) is 0 Å². The highest BCUT2D eigenvalue weighted by molar-refractivity contribution is 6.30. The van der Waals surface area contributed by atoms with E-state index in [1.54, 1.807) is 30.3 Å². The number of halogens is 1. The number of carbonyl (C=O) groups is 1. The Kier molecular flexibility index (Phi) is 6.20. The normalized spacial score (nSPS) is 20.9. The smallest absolute Gasteiger partial charge is 0.267 e. The van der Waals surface area contributed by atoms with Crippen molar-refractivity contribution in [2.45, 2.75) is 37.1 Å². The quantitative estimate of drug-likeness (QED) is 0.628. The van der Waals surface area contributed by atoms with E-state index in [2.05, 4.69) is 16.5 Å². The van der Waals surface area contributed by atoms with Gasteiger partial charge in [-0.15, -0.1) is 0 Å². The molecule has 0 unspecified atom stereocenters. The van der Waals surface area contributed by atoms with E-state index >= 15 is 0 Å². The van der Waals surface area contributed by atoms with Crippen LogP contribution in [0.25, 0.3) is 0 Å². The second-order valence-electron chi connectivity index (χ2n) is 8.05. The summed E-state index contributed by atoms with van der Waals surface area (Å²) in [5.41, 5.74) is 7.55. The third kappa shape index (κ3) is 4.55. The number of amides is 1. The van der Waals surface area contributed by atoms with Crippen molar-refractivity contribution in [3.05, 3.63) is 93.2 Å². The monoisotopic (exact) mass is 436 g/mol. The minimum absolute atomic E-state index is 0.0417. The summed E-state index contributed by atoms with van der Waals surface area (Å²) in [6.45, 7) is 0.523. The Morgan fingerprint density at radius 3 is 2.52 bits per heavy atom. The van der Waals surface area contributed by atoms with Crippen LogP contribution >= 0.6 is 11.6 Å². The molecule has 1 fully saturated rings. The van der Waals surface area contributed by atoms with Crippen molar-refractivity contribution < 1.29 is 4.79 Å². The van der Waals surface area contributed by atoms with Gasteiger partial charge in [0, 0.05) is 28.6 Å². The van der Waals surface area contributed by atoms with Crippen molar-refractivity contribution in [2.24, 2.45) is 5.73 Å². The summed E-state index contributed by atoms with van der Waals surface area (Å²) in [5, 5.41) is 7.92. The molecular weight excluding hydrogens is 412 g/mol. The third-order valence-electron chi connectivity index (χ3n) is 6.19. The summed E-state index contributed by atoms with van der Waals surface area (Å²) >= 11 is 6.20. The van der Waals surface area contributed by atoms with Crippen LogP contribution in [0.15, 0.2) is 71.5 Å². The van der Waals surface area contributed by atoms with E-state index in [1.165, 1.54) is 10.7 Å². The molecule has 6 nitrogen and oxygen atoms in total. The number of anilines is 1. The molecule has 0 aliphatic heterocycles. The Hall–Kier alpha value is -2.96. The molecule has 1 heterocycles. The maximum atomic E-state index is 12.5. The lowest BCUT2D eigenvalue weighted by Crippen LogP contribution is -2.41. The zero-order valence-electron chi connectivity index (χ0n) is 17.1. The summed E-state index contributed by atoms with van der Waals surface area (Å²) < 4.78 is 1.50. The lowest BCUT2D eigenvalue weighted by Gasteiger charge is -2.40. The molecular formula is C24H25ClN4O2. The number of hydrogen-bond acceptors (Lipinski definition) is 4. The first-order chi connectivity index (χ1) is 15.0. The maximum absolute atomic E-state index is 12.5. The van der Waals surface area contributed by atoms with Crippen LogP contribution in [0.2, 0.25) is 5.02 Å². The number of aromatic nitrogens is 2. The largest absolute Gasteiger partial charge is 0.330 e. The van der Waals surface area contributed by atoms with Crippen molar-refractivity contribution in [3.8, 4) is 0 Å². The lowest BCUT2D eigenvalue weighted by molar-refractivity contribution is 0.102. The molecule has 0 atom stereocenters. The van der Waals surface area contributed by atoms with Crippen LogP contribution in [-0.4, -0.2) is 22.2 Å². The Labute approximate surface area is 186 Å². The van der Waals surface area contributed by atoms with Gasteiger partial charge in [-0.1, -0.05) is 41.9 Å². The molecule has 2 aromatic carbocycles. The summed E-state index contributed by atoms with van der Waals surface area (Å²) in [6, 6.07) is 19.7. The van der Waals surface area contributed by atoms with Crippen LogP contribution in [0.5, 0.6) is 0 Å². The molecule has 0 radical (unpaired) electrons. The average molecular weight is 437 g/mol. The van der Waals surface area contributed by atoms with Gasteiger partial charge in [0.1, 0.15) is 0 Å². The molecule has 160 valence electrons. The van der Waals surface area contributed by atoms with Crippen molar-refractivity contribution in [1.29, 1.82) is 0 Å². The zero-order chi connectivity index (χ0) is 21.8. The van der Waals surface area contributed by atoms with E-state index < -0.39 is 0 Å². The molecule has 3 aromatic rings. The molecule has 1 saturated carbocycles. The van der Waals surface area contributed by atoms with Gasteiger partial charge in [0.05, 0.1) is 6.04 Å². The highest BCUT2D eigenvalue weighted by Gasteiger charge is 2.37. The minimum Gasteiger partial charge on any atom is -0.330 e. The van der Waals surface area contributed by atoms with Crippen LogP contribution in [0.3, 0.4) is 0 Å². The third-order valence-corrected chi connectivity index (χ3v) is 6.42. The molecule has 1 aliphatic carbocycles. The number of nitrogens with one attached hydrogen (secondary N) is 1. The second-order valence-corrected chi connectivity index (χ2v) is 8.48. The number of carbonyl (C=O) groups excluding carboxylic acids is 1. The van der Waals surface area contributed by atoms with Gasteiger partial charge < -0.3 is 11.1 Å². The van der Waals surface area contributed by atoms with Gasteiger partial charge in [-0.25, -0.2) is 4.68 Å². The molecule has 1 aliphatic rings. The molecule has 1 amide bonds. The Bertz CT molecular complexity index is 1120. The highest BCUT2D eigenvalue weighted by atomic mass is 35.5. The average Bonchev–Trinajstić information content (AvgIpc) is 2.81. The van der Waals surface area contributed by atoms with E-state index in [-0.39, 0.29) is 22.9 Å². The summed E-state index contributed by atoms with van der Waals surface area (Å²) in [5.74, 6) is 0.101. The van der Waals surface area contributed by atoms with E-state index in [0.717, 1.165) is 31.2 Å². The Morgan fingerprint density at radius 2 is 1.84 bits per heavy atom. The fourth-order valence-corrected chi connectivity index (χ4v) is 4.55. The van der Waals surface area contributed by atoms with Gasteiger partial charge in [0.25, 0.3) is 11.5 Å². The maximum Gasteiger partial charge on any atom is 0.267 e. The number of nitrogens with zero attached hydrogens (tertiary/aromatic N) is 2. The van der Waals surface area contributed by atoms with Crippen LogP contribution in [0.1, 0.15) is 47.6 Å². The number of rotatable bonds is 5. The van der Waals surface area contributed by atoms with E-state index in [9.17, 15) is 9.59 Å². The standard InChI is InChI=1S/C24H25ClN4O2/c25-19-8-4-7-18(15-19)24(16-26)13-11-20(12-14-24)29-22(30)10-9-21(28-29)27-23(31)17-5-2-1-3-6-17/h1-10,15,20H,11-14,16,26H2,(H,27,28,31). The number of benzene rings is 2. The minimum atomic E-state index is -0.259. The van der Waals surface area contributed by atoms with Crippen molar-refractivity contribution >= 4 is 23.3 Å².